The molecule has 1 saturated carbocycles. The van der Waals surface area contributed by atoms with Crippen LogP contribution in [0.2, 0.25) is 0 Å². The van der Waals surface area contributed by atoms with Crippen LogP contribution in [0.15, 0.2) is 24.3 Å². The first-order chi connectivity index (χ1) is 8.28. The summed E-state index contributed by atoms with van der Waals surface area (Å²) in [4.78, 5) is 0. The molecule has 0 aromatic heterocycles. The standard InChI is InChI=1S/C15H21NO/c17-14-7-5-12(6-8-14)9-15(10-16-11-15)13-3-1-2-4-13/h5-8,13,16-17H,1-4,9-11H2. The highest BCUT2D eigenvalue weighted by Gasteiger charge is 2.44. The minimum atomic E-state index is 0.371. The summed E-state index contributed by atoms with van der Waals surface area (Å²) in [5.74, 6) is 1.29. The molecule has 2 N–H and O–H groups in total. The maximum absolute atomic E-state index is 9.33. The van der Waals surface area contributed by atoms with E-state index in [2.05, 4.69) is 17.4 Å². The van der Waals surface area contributed by atoms with Gasteiger partial charge < -0.3 is 10.4 Å². The van der Waals surface area contributed by atoms with Crippen molar-refractivity contribution in [2.75, 3.05) is 13.1 Å². The summed E-state index contributed by atoms with van der Waals surface area (Å²) in [6.07, 6.45) is 6.84. The lowest BCUT2D eigenvalue weighted by Crippen LogP contribution is -2.58. The van der Waals surface area contributed by atoms with Gasteiger partial charge in [-0.05, 0) is 42.9 Å². The summed E-state index contributed by atoms with van der Waals surface area (Å²) in [7, 11) is 0. The average molecular weight is 231 g/mol. The zero-order valence-electron chi connectivity index (χ0n) is 10.3. The molecule has 0 amide bonds. The summed E-state index contributed by atoms with van der Waals surface area (Å²) in [5.41, 5.74) is 1.88. The molecule has 1 saturated heterocycles. The molecule has 1 aliphatic heterocycles. The van der Waals surface area contributed by atoms with E-state index >= 15 is 0 Å². The van der Waals surface area contributed by atoms with Gasteiger partial charge in [0.1, 0.15) is 5.75 Å². The fourth-order valence-electron chi connectivity index (χ4n) is 3.56. The number of aromatic hydroxyl groups is 1. The Labute approximate surface area is 103 Å². The molecule has 2 heteroatoms. The molecule has 2 nitrogen and oxygen atoms in total. The maximum atomic E-state index is 9.33. The number of hydrogen-bond acceptors (Lipinski definition) is 2. The van der Waals surface area contributed by atoms with Crippen molar-refractivity contribution >= 4 is 0 Å². The van der Waals surface area contributed by atoms with Gasteiger partial charge in [-0.1, -0.05) is 25.0 Å². The first-order valence-electron chi connectivity index (χ1n) is 6.77. The molecule has 0 spiro atoms. The summed E-state index contributed by atoms with van der Waals surface area (Å²) in [6.45, 7) is 2.36. The molecule has 0 bridgehead atoms. The Morgan fingerprint density at radius 2 is 1.76 bits per heavy atom. The second-order valence-corrected chi connectivity index (χ2v) is 5.79. The van der Waals surface area contributed by atoms with Crippen LogP contribution in [0.1, 0.15) is 31.2 Å². The highest BCUT2D eigenvalue weighted by molar-refractivity contribution is 5.27. The third-order valence-corrected chi connectivity index (χ3v) is 4.67. The second-order valence-electron chi connectivity index (χ2n) is 5.79. The van der Waals surface area contributed by atoms with Crippen molar-refractivity contribution in [1.82, 2.24) is 5.32 Å². The first-order valence-corrected chi connectivity index (χ1v) is 6.77. The van der Waals surface area contributed by atoms with Crippen molar-refractivity contribution in [3.05, 3.63) is 29.8 Å². The molecule has 17 heavy (non-hydrogen) atoms. The van der Waals surface area contributed by atoms with Crippen molar-refractivity contribution in [3.63, 3.8) is 0 Å². The maximum Gasteiger partial charge on any atom is 0.115 e. The smallest absolute Gasteiger partial charge is 0.115 e. The van der Waals surface area contributed by atoms with Crippen molar-refractivity contribution in [2.24, 2.45) is 11.3 Å². The van der Waals surface area contributed by atoms with E-state index in [-0.39, 0.29) is 0 Å². The quantitative estimate of drug-likeness (QED) is 0.838. The van der Waals surface area contributed by atoms with E-state index in [4.69, 9.17) is 0 Å². The summed E-state index contributed by atoms with van der Waals surface area (Å²) < 4.78 is 0. The van der Waals surface area contributed by atoms with Crippen molar-refractivity contribution in [2.45, 2.75) is 32.1 Å². The minimum absolute atomic E-state index is 0.371. The van der Waals surface area contributed by atoms with Crippen LogP contribution in [0, 0.1) is 11.3 Å². The Morgan fingerprint density at radius 1 is 1.12 bits per heavy atom. The minimum Gasteiger partial charge on any atom is -0.508 e. The summed E-state index contributed by atoms with van der Waals surface area (Å²) >= 11 is 0. The van der Waals surface area contributed by atoms with Crippen LogP contribution < -0.4 is 5.32 Å². The van der Waals surface area contributed by atoms with E-state index in [0.717, 1.165) is 5.92 Å². The molecular weight excluding hydrogens is 210 g/mol. The molecule has 1 heterocycles. The van der Waals surface area contributed by atoms with E-state index in [9.17, 15) is 5.11 Å². The fraction of sp³-hybridized carbons (Fsp3) is 0.600. The fourth-order valence-corrected chi connectivity index (χ4v) is 3.56. The lowest BCUT2D eigenvalue weighted by Gasteiger charge is -2.48. The normalized spacial score (nSPS) is 23.5. The van der Waals surface area contributed by atoms with Gasteiger partial charge in [0, 0.05) is 18.5 Å². The predicted octanol–water partition coefficient (Wildman–Crippen LogP) is 2.71. The van der Waals surface area contributed by atoms with Crippen LogP contribution in [-0.2, 0) is 6.42 Å². The molecule has 2 fully saturated rings. The van der Waals surface area contributed by atoms with E-state index in [0.29, 0.717) is 11.2 Å². The SMILES string of the molecule is Oc1ccc(CC2(C3CCCC3)CNC2)cc1. The Bertz CT molecular complexity index is 374. The highest BCUT2D eigenvalue weighted by Crippen LogP contribution is 2.44. The Morgan fingerprint density at radius 3 is 2.29 bits per heavy atom. The van der Waals surface area contributed by atoms with Gasteiger partial charge in [-0.25, -0.2) is 0 Å². The number of hydrogen-bond donors (Lipinski definition) is 2. The molecular formula is C15H21NO. The highest BCUT2D eigenvalue weighted by atomic mass is 16.3. The molecule has 1 aromatic carbocycles. The molecule has 1 aromatic rings. The zero-order chi connectivity index (χ0) is 11.7. The first kappa shape index (κ1) is 11.1. The molecule has 3 rings (SSSR count). The number of nitrogens with one attached hydrogen (secondary N) is 1. The third-order valence-electron chi connectivity index (χ3n) is 4.67. The zero-order valence-corrected chi connectivity index (χ0v) is 10.3. The molecule has 92 valence electrons. The molecule has 0 radical (unpaired) electrons. The largest absolute Gasteiger partial charge is 0.508 e. The van der Waals surface area contributed by atoms with Crippen LogP contribution >= 0.6 is 0 Å². The Hall–Kier alpha value is -1.02. The number of rotatable bonds is 3. The number of benzene rings is 1. The van der Waals surface area contributed by atoms with Gasteiger partial charge in [-0.3, -0.25) is 0 Å². The molecule has 0 atom stereocenters. The number of phenols is 1. The van der Waals surface area contributed by atoms with Crippen LogP contribution in [0.4, 0.5) is 0 Å². The molecule has 0 unspecified atom stereocenters. The van der Waals surface area contributed by atoms with E-state index in [1.165, 1.54) is 50.8 Å². The van der Waals surface area contributed by atoms with Gasteiger partial charge in [0.2, 0.25) is 0 Å². The molecule has 1 aliphatic carbocycles. The topological polar surface area (TPSA) is 32.3 Å². The second kappa shape index (κ2) is 4.34. The van der Waals surface area contributed by atoms with Crippen molar-refractivity contribution in [1.29, 1.82) is 0 Å². The summed E-state index contributed by atoms with van der Waals surface area (Å²) in [6, 6.07) is 7.77. The van der Waals surface area contributed by atoms with Gasteiger partial charge in [0.05, 0.1) is 0 Å². The monoisotopic (exact) mass is 231 g/mol. The van der Waals surface area contributed by atoms with Crippen LogP contribution in [0.3, 0.4) is 0 Å². The van der Waals surface area contributed by atoms with Gasteiger partial charge in [0.15, 0.2) is 0 Å². The average Bonchev–Trinajstić information content (AvgIpc) is 2.80. The van der Waals surface area contributed by atoms with Gasteiger partial charge in [-0.2, -0.15) is 0 Å². The Balaban J connectivity index is 1.75. The lowest BCUT2D eigenvalue weighted by molar-refractivity contribution is 0.0812. The van der Waals surface area contributed by atoms with E-state index < -0.39 is 0 Å². The van der Waals surface area contributed by atoms with Gasteiger partial charge in [0.25, 0.3) is 0 Å². The van der Waals surface area contributed by atoms with Crippen molar-refractivity contribution < 1.29 is 5.11 Å². The number of phenolic OH excluding ortho intramolecular Hbond substituents is 1. The van der Waals surface area contributed by atoms with E-state index in [1.807, 2.05) is 12.1 Å². The van der Waals surface area contributed by atoms with E-state index in [1.54, 1.807) is 0 Å². The molecule has 2 aliphatic rings. The van der Waals surface area contributed by atoms with Gasteiger partial charge >= 0.3 is 0 Å². The van der Waals surface area contributed by atoms with Crippen LogP contribution in [0.5, 0.6) is 5.75 Å². The van der Waals surface area contributed by atoms with Crippen LogP contribution in [0.25, 0.3) is 0 Å². The van der Waals surface area contributed by atoms with Crippen molar-refractivity contribution in [3.8, 4) is 5.75 Å². The lowest BCUT2D eigenvalue weighted by atomic mass is 9.66. The third kappa shape index (κ3) is 2.06. The Kier molecular flexibility index (Phi) is 2.83. The summed E-state index contributed by atoms with van der Waals surface area (Å²) in [5, 5.41) is 12.8. The van der Waals surface area contributed by atoms with Crippen LogP contribution in [-0.4, -0.2) is 18.2 Å². The predicted molar refractivity (Wildman–Crippen MR) is 69.1 cm³/mol. The van der Waals surface area contributed by atoms with Gasteiger partial charge in [-0.15, -0.1) is 0 Å².